The molecule has 108 heavy (non-hydrogen) atoms. The molecule has 0 fully saturated rings. The molecule has 0 bridgehead atoms. The van der Waals surface area contributed by atoms with Crippen LogP contribution in [0.5, 0.6) is 40.2 Å². The summed E-state index contributed by atoms with van der Waals surface area (Å²) >= 11 is 0. The molecule has 0 unspecified atom stereocenters. The Bertz CT molecular complexity index is 3980. The first-order valence-corrected chi connectivity index (χ1v) is 40.5. The predicted octanol–water partition coefficient (Wildman–Crippen LogP) is 32.9. The third-order valence-electron chi connectivity index (χ3n) is 14.8. The van der Waals surface area contributed by atoms with Gasteiger partial charge in [0.25, 0.3) is 0 Å². The quantitative estimate of drug-likeness (QED) is 0.158. The number of aryl methyl sites for hydroxylation is 8. The molecule has 0 heterocycles. The van der Waals surface area contributed by atoms with Gasteiger partial charge in [-0.15, -0.1) is 0 Å². The molecule has 0 saturated heterocycles. The number of ether oxygens (including phenoxy) is 7. The smallest absolute Gasteiger partial charge is 0.129 e. The van der Waals surface area contributed by atoms with E-state index >= 15 is 0 Å². The Morgan fingerprint density at radius 2 is 0.454 bits per heavy atom. The maximum atomic E-state index is 5.42. The van der Waals surface area contributed by atoms with Crippen LogP contribution in [-0.2, 0) is 0 Å². The van der Waals surface area contributed by atoms with Crippen LogP contribution in [0.15, 0.2) is 200 Å². The van der Waals surface area contributed by atoms with E-state index in [-0.39, 0.29) is 0 Å². The molecule has 0 aliphatic heterocycles. The highest BCUT2D eigenvalue weighted by Crippen LogP contribution is 2.35. The van der Waals surface area contributed by atoms with Gasteiger partial charge in [0.2, 0.25) is 0 Å². The average molecular weight is 1480 g/mol. The zero-order chi connectivity index (χ0) is 84.9. The topological polar surface area (TPSA) is 64.6 Å². The molecule has 7 heteroatoms. The Hall–Kier alpha value is -9.20. The molecule has 0 radical (unpaired) electrons. The maximum absolute atomic E-state index is 5.42. The lowest BCUT2D eigenvalue weighted by atomic mass is 9.98. The van der Waals surface area contributed by atoms with Crippen LogP contribution in [0.25, 0.3) is 64.6 Å². The van der Waals surface area contributed by atoms with E-state index in [1.54, 1.807) is 49.8 Å². The standard InChI is InChI=1S/C14H16O.C13H14O.C12H12O2.3C12H12O.13C2H6/c1-9-6-5-7-12-11(3)14(15-4)10(2)8-13(9)12;1-9-8-11-6-4-5-7-12(11)10(2)13(9)14-3;1-13-11-5-3-10-8-12(14-2)6-4-9(10)7-11;1-9-11-6-4-3-5-10(11)7-8-12(9)13-2;2*1-9-7-8-10-5-3-4-6-11(10)12(9)13-2;13*1-2/h5-8H,1-4H3;4-8H,1-3H3;3-8H,1-2H3;3*3-8H,1-2H3;13*1-2H3. The highest BCUT2D eigenvalue weighted by atomic mass is 16.5. The van der Waals surface area contributed by atoms with Crippen molar-refractivity contribution in [1.29, 1.82) is 0 Å². The SMILES string of the molecule is CC.CC.CC.CC.CC.CC.CC.CC.CC.CC.CC.CC.CC.COc1c(C)cc2c(C)cccc2c1C.COc1c(C)cc2ccccc2c1C.COc1c(C)ccc2ccccc12.COc1c(C)ccc2ccccc12.COc1ccc2cc(OC)ccc2c1.COc1ccc2ccccc2c1C. The second kappa shape index (κ2) is 73.3. The minimum atomic E-state index is 0.877. The Morgan fingerprint density at radius 1 is 0.167 bits per heavy atom. The fourth-order valence-electron chi connectivity index (χ4n) is 10.5. The molecular weight excluding hydrogens is 1330 g/mol. The summed E-state index contributed by atoms with van der Waals surface area (Å²) in [4.78, 5) is 0. The number of methoxy groups -OCH3 is 7. The third-order valence-corrected chi connectivity index (χ3v) is 14.8. The zero-order valence-corrected chi connectivity index (χ0v) is 76.4. The number of fused-ring (bicyclic) bond motifs is 6. The van der Waals surface area contributed by atoms with Crippen LogP contribution >= 0.6 is 0 Å². The highest BCUT2D eigenvalue weighted by Gasteiger charge is 2.10. The molecule has 0 saturated carbocycles. The second-order valence-electron chi connectivity index (χ2n) is 20.1. The van der Waals surface area contributed by atoms with E-state index in [1.807, 2.05) is 253 Å². The van der Waals surface area contributed by atoms with Gasteiger partial charge in [-0.1, -0.05) is 338 Å². The van der Waals surface area contributed by atoms with E-state index in [4.69, 9.17) is 33.2 Å². The van der Waals surface area contributed by atoms with E-state index in [0.717, 1.165) is 51.0 Å². The lowest BCUT2D eigenvalue weighted by Gasteiger charge is -2.13. The molecule has 602 valence electrons. The summed E-state index contributed by atoms with van der Waals surface area (Å²) in [7, 11) is 11.9. The summed E-state index contributed by atoms with van der Waals surface area (Å²) in [6, 6.07) is 68.4. The molecule has 0 N–H and O–H groups in total. The molecule has 7 nitrogen and oxygen atoms in total. The first kappa shape index (κ1) is 112. The fraction of sp³-hybridized carbons (Fsp3) is 0.406. The Labute approximate surface area is 664 Å². The lowest BCUT2D eigenvalue weighted by molar-refractivity contribution is 0.409. The van der Waals surface area contributed by atoms with Gasteiger partial charge in [-0.3, -0.25) is 0 Å². The Kier molecular flexibility index (Phi) is 76.1. The van der Waals surface area contributed by atoms with Crippen LogP contribution in [0.2, 0.25) is 0 Å². The fourth-order valence-corrected chi connectivity index (χ4v) is 10.5. The summed E-state index contributed by atoms with van der Waals surface area (Å²) in [6.07, 6.45) is 0. The van der Waals surface area contributed by atoms with Crippen LogP contribution in [0.3, 0.4) is 0 Å². The summed E-state index contributed by atoms with van der Waals surface area (Å²) < 4.78 is 37.1. The van der Waals surface area contributed by atoms with Gasteiger partial charge < -0.3 is 33.2 Å². The minimum Gasteiger partial charge on any atom is -0.497 e. The zero-order valence-electron chi connectivity index (χ0n) is 76.4. The van der Waals surface area contributed by atoms with E-state index < -0.39 is 0 Å². The molecule has 0 atom stereocenters. The lowest BCUT2D eigenvalue weighted by Crippen LogP contribution is -1.93. The van der Waals surface area contributed by atoms with Crippen molar-refractivity contribution in [2.45, 2.75) is 235 Å². The second-order valence-corrected chi connectivity index (χ2v) is 20.1. The van der Waals surface area contributed by atoms with Gasteiger partial charge >= 0.3 is 0 Å². The third kappa shape index (κ3) is 36.6. The van der Waals surface area contributed by atoms with E-state index in [9.17, 15) is 0 Å². The van der Waals surface area contributed by atoms with Crippen molar-refractivity contribution in [3.05, 3.63) is 245 Å². The van der Waals surface area contributed by atoms with E-state index in [2.05, 4.69) is 183 Å². The van der Waals surface area contributed by atoms with Crippen molar-refractivity contribution in [3.63, 3.8) is 0 Å². The van der Waals surface area contributed by atoms with Gasteiger partial charge in [0.1, 0.15) is 40.2 Å². The molecular formula is C101H156O7. The summed E-state index contributed by atoms with van der Waals surface area (Å²) in [5, 5.41) is 14.8. The van der Waals surface area contributed by atoms with Crippen LogP contribution in [0.4, 0.5) is 0 Å². The first-order valence-electron chi connectivity index (χ1n) is 40.5. The number of hydrogen-bond donors (Lipinski definition) is 0. The predicted molar refractivity (Wildman–Crippen MR) is 495 cm³/mol. The van der Waals surface area contributed by atoms with Gasteiger partial charge in [-0.05, 0) is 196 Å². The normalized spacial score (nSPS) is 8.60. The molecule has 0 aromatic heterocycles. The van der Waals surface area contributed by atoms with Crippen molar-refractivity contribution in [2.24, 2.45) is 0 Å². The van der Waals surface area contributed by atoms with Crippen molar-refractivity contribution in [3.8, 4) is 40.2 Å². The van der Waals surface area contributed by atoms with Crippen molar-refractivity contribution in [1.82, 2.24) is 0 Å². The minimum absolute atomic E-state index is 0.877. The van der Waals surface area contributed by atoms with Gasteiger partial charge in [-0.25, -0.2) is 0 Å². The van der Waals surface area contributed by atoms with Crippen LogP contribution in [-0.4, -0.2) is 49.8 Å². The van der Waals surface area contributed by atoms with Gasteiger partial charge in [0.05, 0.1) is 49.8 Å². The highest BCUT2D eigenvalue weighted by molar-refractivity contribution is 5.93. The molecule has 0 aliphatic rings. The summed E-state index contributed by atoms with van der Waals surface area (Å²) in [5.74, 6) is 6.69. The first-order chi connectivity index (χ1) is 52.7. The Morgan fingerprint density at radius 3 is 0.806 bits per heavy atom. The average Bonchev–Trinajstić information content (AvgIpc) is 0.804. The number of hydrogen-bond acceptors (Lipinski definition) is 7. The van der Waals surface area contributed by atoms with Crippen LogP contribution in [0.1, 0.15) is 225 Å². The van der Waals surface area contributed by atoms with Gasteiger partial charge in [0.15, 0.2) is 0 Å². The van der Waals surface area contributed by atoms with E-state index in [0.29, 0.717) is 0 Å². The van der Waals surface area contributed by atoms with Crippen molar-refractivity contribution < 1.29 is 33.2 Å². The molecule has 0 amide bonds. The van der Waals surface area contributed by atoms with Crippen molar-refractivity contribution >= 4 is 64.6 Å². The molecule has 0 spiro atoms. The van der Waals surface area contributed by atoms with E-state index in [1.165, 1.54) is 98.4 Å². The van der Waals surface area contributed by atoms with Crippen LogP contribution < -0.4 is 33.2 Å². The molecule has 12 aromatic carbocycles. The van der Waals surface area contributed by atoms with Crippen LogP contribution in [0, 0.1) is 55.4 Å². The monoisotopic (exact) mass is 1480 g/mol. The van der Waals surface area contributed by atoms with Crippen molar-refractivity contribution in [2.75, 3.05) is 49.8 Å². The summed E-state index contributed by atoms with van der Waals surface area (Å²) in [6.45, 7) is 68.8. The molecule has 12 rings (SSSR count). The molecule has 0 aliphatic carbocycles. The maximum Gasteiger partial charge on any atom is 0.129 e. The Balaban J connectivity index is -0.000000213. The summed E-state index contributed by atoms with van der Waals surface area (Å²) in [5.41, 5.74) is 9.75. The van der Waals surface area contributed by atoms with Gasteiger partial charge in [-0.2, -0.15) is 0 Å². The molecule has 12 aromatic rings. The number of benzene rings is 12. The van der Waals surface area contributed by atoms with Gasteiger partial charge in [0, 0.05) is 10.8 Å². The number of rotatable bonds is 7. The largest absolute Gasteiger partial charge is 0.497 e.